The lowest BCUT2D eigenvalue weighted by molar-refractivity contribution is 1.19. The van der Waals surface area contributed by atoms with Crippen LogP contribution in [0.5, 0.6) is 0 Å². The fraction of sp³-hybridized carbons (Fsp3) is 0. The molecule has 0 amide bonds. The van der Waals surface area contributed by atoms with Gasteiger partial charge in [-0.3, -0.25) is 0 Å². The Morgan fingerprint density at radius 3 is 1.67 bits per heavy atom. The molecule has 4 aromatic heterocycles. The summed E-state index contributed by atoms with van der Waals surface area (Å²) in [5, 5.41) is 9.16. The number of aromatic nitrogens is 2. The van der Waals surface area contributed by atoms with E-state index in [2.05, 4.69) is 155 Å². The first-order chi connectivity index (χ1) is 30.8. The van der Waals surface area contributed by atoms with Crippen molar-refractivity contribution in [2.45, 2.75) is 0 Å². The Morgan fingerprint density at radius 2 is 0.931 bits per heavy atom. The van der Waals surface area contributed by atoms with E-state index in [-0.39, 0.29) is 29.7 Å². The van der Waals surface area contributed by atoms with Crippen LogP contribution in [0.25, 0.3) is 118 Å². The van der Waals surface area contributed by atoms with Gasteiger partial charge in [-0.15, -0.1) is 22.7 Å². The maximum absolute atomic E-state index is 8.81. The lowest BCUT2D eigenvalue weighted by Crippen LogP contribution is -1.94. The highest BCUT2D eigenvalue weighted by Crippen LogP contribution is 2.44. The summed E-state index contributed by atoms with van der Waals surface area (Å²) in [5.74, 6) is 0. The molecule has 0 saturated heterocycles. The molecule has 270 valence electrons. The lowest BCUT2D eigenvalue weighted by Gasteiger charge is -2.11. The molecule has 4 heteroatoms. The minimum atomic E-state index is -0.391. The highest BCUT2D eigenvalue weighted by Gasteiger charge is 2.19. The zero-order valence-corrected chi connectivity index (χ0v) is 32.4. The summed E-state index contributed by atoms with van der Waals surface area (Å²) in [6, 6.07) is 57.2. The van der Waals surface area contributed by atoms with Gasteiger partial charge in [0, 0.05) is 67.6 Å². The van der Waals surface area contributed by atoms with Gasteiger partial charge in [-0.2, -0.15) is 0 Å². The Morgan fingerprint density at radius 1 is 0.362 bits per heavy atom. The Labute approximate surface area is 348 Å². The van der Waals surface area contributed by atoms with E-state index < -0.39 is 6.04 Å². The second kappa shape index (κ2) is 12.3. The van der Waals surface area contributed by atoms with E-state index >= 15 is 0 Å². The van der Waals surface area contributed by atoms with Crippen LogP contribution in [0.2, 0.25) is 0 Å². The van der Waals surface area contributed by atoms with E-state index in [0.717, 1.165) is 58.8 Å². The molecule has 0 bridgehead atoms. The van der Waals surface area contributed by atoms with Crippen molar-refractivity contribution in [3.05, 3.63) is 194 Å². The van der Waals surface area contributed by atoms with Gasteiger partial charge >= 0.3 is 0 Å². The van der Waals surface area contributed by atoms with Crippen LogP contribution < -0.4 is 0 Å². The van der Waals surface area contributed by atoms with Crippen LogP contribution in [0.3, 0.4) is 0 Å². The molecule has 0 N–H and O–H groups in total. The van der Waals surface area contributed by atoms with Crippen molar-refractivity contribution in [2.24, 2.45) is 0 Å². The van der Waals surface area contributed by atoms with Gasteiger partial charge in [0.1, 0.15) is 0 Å². The number of rotatable bonds is 4. The summed E-state index contributed by atoms with van der Waals surface area (Å²) in [5.41, 5.74) is 9.84. The second-order valence-corrected chi connectivity index (χ2v) is 17.0. The molecule has 0 radical (unpaired) electrons. The monoisotopic (exact) mass is 777 g/mol. The molecule has 0 spiro atoms. The molecule has 13 rings (SSSR count). The predicted molar refractivity (Wildman–Crippen MR) is 252 cm³/mol. The smallest absolute Gasteiger partial charge is 0.0629 e. The number of hydrogen-bond donors (Lipinski definition) is 0. The van der Waals surface area contributed by atoms with Crippen molar-refractivity contribution >= 4 is 107 Å². The minimum Gasteiger partial charge on any atom is -0.309 e. The molecule has 0 aliphatic rings. The van der Waals surface area contributed by atoms with Gasteiger partial charge in [0.05, 0.1) is 34.6 Å². The van der Waals surface area contributed by atoms with Gasteiger partial charge in [-0.1, -0.05) is 115 Å². The van der Waals surface area contributed by atoms with Crippen LogP contribution >= 0.6 is 22.7 Å². The third-order valence-electron chi connectivity index (χ3n) is 11.8. The SMILES string of the molecule is [2H]c1c([2H])c([2H])c(-c2cccc3sc4ccc(-n5c6ccccc6c6cc(-c7ccc8c(c7)c7ccccc7n8-c7cccc8sc9ccccc9c78)ccc65)cc4c23)c([2H])c1[2H]. The van der Waals surface area contributed by atoms with E-state index in [1.165, 1.54) is 47.7 Å². The van der Waals surface area contributed by atoms with E-state index in [0.29, 0.717) is 5.56 Å². The van der Waals surface area contributed by atoms with Crippen LogP contribution in [0.4, 0.5) is 0 Å². The molecule has 4 heterocycles. The summed E-state index contributed by atoms with van der Waals surface area (Å²) >= 11 is 3.49. The molecular weight excluding hydrogens is 741 g/mol. The molecule has 9 aromatic carbocycles. The first-order valence-electron chi connectivity index (χ1n) is 21.8. The largest absolute Gasteiger partial charge is 0.309 e. The van der Waals surface area contributed by atoms with Crippen LogP contribution in [-0.2, 0) is 0 Å². The van der Waals surface area contributed by atoms with Crippen molar-refractivity contribution in [1.82, 2.24) is 9.13 Å². The zero-order chi connectivity index (χ0) is 42.2. The zero-order valence-electron chi connectivity index (χ0n) is 35.8. The highest BCUT2D eigenvalue weighted by molar-refractivity contribution is 7.26. The van der Waals surface area contributed by atoms with E-state index in [1.807, 2.05) is 29.5 Å². The average Bonchev–Trinajstić information content (AvgIpc) is 4.07. The fourth-order valence-corrected chi connectivity index (χ4v) is 11.6. The van der Waals surface area contributed by atoms with Crippen molar-refractivity contribution in [2.75, 3.05) is 0 Å². The molecule has 0 fully saturated rings. The third kappa shape index (κ3) is 4.58. The standard InChI is InChI=1S/C54H32N2S2/c1-2-12-33(13-3-1)37-17-10-22-51-53(37)43-32-36(26-29-50(43)58-51)55-44-18-7-4-14-38(44)41-30-34(24-27-46(41)55)35-25-28-47-42(31-35)39-15-5-8-19-45(39)56(47)48-20-11-23-52-54(48)40-16-6-9-21-49(40)57-52/h1-32H/i1D,2D,3D,12D,13D. The van der Waals surface area contributed by atoms with Gasteiger partial charge in [-0.25, -0.2) is 0 Å². The number of nitrogens with zero attached hydrogens (tertiary/aromatic N) is 2. The van der Waals surface area contributed by atoms with E-state index in [1.54, 1.807) is 11.3 Å². The fourth-order valence-electron chi connectivity index (χ4n) is 9.33. The first-order valence-corrected chi connectivity index (χ1v) is 21.0. The molecule has 0 aliphatic carbocycles. The van der Waals surface area contributed by atoms with Crippen molar-refractivity contribution in [1.29, 1.82) is 0 Å². The number of para-hydroxylation sites is 2. The van der Waals surface area contributed by atoms with Crippen molar-refractivity contribution in [3.8, 4) is 33.6 Å². The topological polar surface area (TPSA) is 9.86 Å². The second-order valence-electron chi connectivity index (χ2n) is 14.9. The Hall–Kier alpha value is -6.98. The van der Waals surface area contributed by atoms with Gasteiger partial charge < -0.3 is 9.13 Å². The number of thiophene rings is 2. The van der Waals surface area contributed by atoms with Crippen LogP contribution in [-0.4, -0.2) is 9.13 Å². The molecule has 0 saturated carbocycles. The molecule has 13 aromatic rings. The first kappa shape index (κ1) is 27.6. The Kier molecular flexibility index (Phi) is 5.83. The maximum Gasteiger partial charge on any atom is 0.0629 e. The van der Waals surface area contributed by atoms with E-state index in [9.17, 15) is 0 Å². The molecular formula is C54H32N2S2. The van der Waals surface area contributed by atoms with E-state index in [4.69, 9.17) is 6.85 Å². The minimum absolute atomic E-state index is 0.197. The summed E-state index contributed by atoms with van der Waals surface area (Å²) < 4.78 is 52.0. The number of fused-ring (bicyclic) bond motifs is 12. The molecule has 58 heavy (non-hydrogen) atoms. The Bertz CT molecular complexity index is 4090. The molecule has 2 nitrogen and oxygen atoms in total. The molecule has 0 unspecified atom stereocenters. The third-order valence-corrected chi connectivity index (χ3v) is 14.1. The summed E-state index contributed by atoms with van der Waals surface area (Å²) in [4.78, 5) is 0. The van der Waals surface area contributed by atoms with Crippen LogP contribution in [0, 0.1) is 0 Å². The average molecular weight is 778 g/mol. The van der Waals surface area contributed by atoms with Gasteiger partial charge in [0.15, 0.2) is 0 Å². The number of benzene rings is 9. The maximum atomic E-state index is 8.81. The Balaban J connectivity index is 0.984. The summed E-state index contributed by atoms with van der Waals surface area (Å²) in [6.07, 6.45) is 0. The number of hydrogen-bond acceptors (Lipinski definition) is 2. The summed E-state index contributed by atoms with van der Waals surface area (Å²) in [7, 11) is 0. The highest BCUT2D eigenvalue weighted by atomic mass is 32.1. The van der Waals surface area contributed by atoms with Gasteiger partial charge in [-0.05, 0) is 101 Å². The lowest BCUT2D eigenvalue weighted by atomic mass is 9.99. The molecule has 0 aliphatic heterocycles. The van der Waals surface area contributed by atoms with Gasteiger partial charge in [0.25, 0.3) is 0 Å². The quantitative estimate of drug-likeness (QED) is 0.168. The van der Waals surface area contributed by atoms with Gasteiger partial charge in [0.2, 0.25) is 0 Å². The normalized spacial score (nSPS) is 13.3. The molecule has 0 atom stereocenters. The van der Waals surface area contributed by atoms with Crippen LogP contribution in [0.15, 0.2) is 194 Å². The van der Waals surface area contributed by atoms with Crippen molar-refractivity contribution < 1.29 is 6.85 Å². The predicted octanol–water partition coefficient (Wildman–Crippen LogP) is 16.0. The van der Waals surface area contributed by atoms with Crippen LogP contribution in [0.1, 0.15) is 6.85 Å². The van der Waals surface area contributed by atoms with Crippen molar-refractivity contribution in [3.63, 3.8) is 0 Å². The summed E-state index contributed by atoms with van der Waals surface area (Å²) in [6.45, 7) is 0.